The molecule has 0 spiro atoms. The molecule has 112 valence electrons. The Labute approximate surface area is 127 Å². The molecule has 0 bridgehead atoms. The van der Waals surface area contributed by atoms with Gasteiger partial charge in [0, 0.05) is 23.5 Å². The number of sulfonamides is 1. The molecule has 0 amide bonds. The number of halogens is 1. The van der Waals surface area contributed by atoms with Crippen molar-refractivity contribution < 1.29 is 13.6 Å². The summed E-state index contributed by atoms with van der Waals surface area (Å²) in [5.74, 6) is 0.0000854. The lowest BCUT2D eigenvalue weighted by Crippen LogP contribution is -2.39. The van der Waals surface area contributed by atoms with Crippen LogP contribution < -0.4 is 5.73 Å². The summed E-state index contributed by atoms with van der Waals surface area (Å²) in [5.41, 5.74) is 5.40. The summed E-state index contributed by atoms with van der Waals surface area (Å²) < 4.78 is 27.2. The van der Waals surface area contributed by atoms with E-state index in [0.717, 1.165) is 0 Å². The molecule has 3 N–H and O–H groups in total. The molecule has 0 atom stereocenters. The van der Waals surface area contributed by atoms with Crippen LogP contribution in [0.25, 0.3) is 0 Å². The summed E-state index contributed by atoms with van der Waals surface area (Å²) in [6.07, 6.45) is 0.169. The predicted molar refractivity (Wildman–Crippen MR) is 81.2 cm³/mol. The minimum atomic E-state index is -3.62. The molecule has 1 aromatic rings. The van der Waals surface area contributed by atoms with Crippen molar-refractivity contribution in [2.75, 3.05) is 6.54 Å². The van der Waals surface area contributed by atoms with E-state index in [0.29, 0.717) is 4.47 Å². The van der Waals surface area contributed by atoms with Gasteiger partial charge in [0.1, 0.15) is 5.84 Å². The predicted octanol–water partition coefficient (Wildman–Crippen LogP) is 1.98. The Morgan fingerprint density at radius 3 is 2.65 bits per heavy atom. The number of rotatable bonds is 6. The summed E-state index contributed by atoms with van der Waals surface area (Å²) in [4.78, 5) is 0.208. The second-order valence-corrected chi connectivity index (χ2v) is 7.31. The van der Waals surface area contributed by atoms with Crippen molar-refractivity contribution in [3.8, 4) is 0 Å². The third-order valence-electron chi connectivity index (χ3n) is 2.70. The van der Waals surface area contributed by atoms with Crippen LogP contribution in [0.3, 0.4) is 0 Å². The highest BCUT2D eigenvalue weighted by Crippen LogP contribution is 2.21. The van der Waals surface area contributed by atoms with Crippen LogP contribution in [-0.4, -0.2) is 36.4 Å². The van der Waals surface area contributed by atoms with Crippen LogP contribution in [0.4, 0.5) is 0 Å². The first kappa shape index (κ1) is 16.9. The van der Waals surface area contributed by atoms with Crippen molar-refractivity contribution in [3.05, 3.63) is 28.7 Å². The van der Waals surface area contributed by atoms with E-state index in [1.54, 1.807) is 38.1 Å². The average Bonchev–Trinajstić information content (AvgIpc) is 2.37. The largest absolute Gasteiger partial charge is 0.409 e. The number of hydrogen-bond acceptors (Lipinski definition) is 4. The SMILES string of the molecule is CC(C)N(CCC(N)=NO)S(=O)(=O)c1cccc(Br)c1. The number of nitrogens with zero attached hydrogens (tertiary/aromatic N) is 2. The van der Waals surface area contributed by atoms with Crippen molar-refractivity contribution in [2.45, 2.75) is 31.2 Å². The summed E-state index contributed by atoms with van der Waals surface area (Å²) >= 11 is 3.26. The number of amidine groups is 1. The van der Waals surface area contributed by atoms with E-state index < -0.39 is 10.0 Å². The molecule has 0 saturated carbocycles. The van der Waals surface area contributed by atoms with Gasteiger partial charge in [-0.25, -0.2) is 8.42 Å². The number of nitrogens with two attached hydrogens (primary N) is 1. The smallest absolute Gasteiger partial charge is 0.243 e. The third kappa shape index (κ3) is 4.19. The van der Waals surface area contributed by atoms with Gasteiger partial charge in [0.25, 0.3) is 0 Å². The highest BCUT2D eigenvalue weighted by atomic mass is 79.9. The fourth-order valence-electron chi connectivity index (χ4n) is 1.69. The van der Waals surface area contributed by atoms with Crippen LogP contribution in [0.2, 0.25) is 0 Å². The molecule has 6 nitrogen and oxygen atoms in total. The Hall–Kier alpha value is -1.12. The first-order valence-electron chi connectivity index (χ1n) is 6.03. The quantitative estimate of drug-likeness (QED) is 0.349. The molecule has 20 heavy (non-hydrogen) atoms. The van der Waals surface area contributed by atoms with Crippen molar-refractivity contribution in [2.24, 2.45) is 10.9 Å². The zero-order chi connectivity index (χ0) is 15.3. The Bertz CT molecular complexity index is 587. The standard InChI is InChI=1S/C12H18BrN3O3S/c1-9(2)16(7-6-12(14)15-17)20(18,19)11-5-3-4-10(13)8-11/h3-5,8-9,17H,6-7H2,1-2H3,(H2,14,15). The normalized spacial score (nSPS) is 13.2. The van der Waals surface area contributed by atoms with Crippen LogP contribution in [0.5, 0.6) is 0 Å². The first-order chi connectivity index (χ1) is 9.28. The number of hydrogen-bond donors (Lipinski definition) is 2. The van der Waals surface area contributed by atoms with E-state index >= 15 is 0 Å². The molecule has 0 aliphatic rings. The second-order valence-electron chi connectivity index (χ2n) is 4.51. The maximum Gasteiger partial charge on any atom is 0.243 e. The Morgan fingerprint density at radius 1 is 1.50 bits per heavy atom. The minimum Gasteiger partial charge on any atom is -0.409 e. The molecular weight excluding hydrogens is 346 g/mol. The Morgan fingerprint density at radius 2 is 2.15 bits per heavy atom. The summed E-state index contributed by atoms with van der Waals surface area (Å²) in [6, 6.07) is 6.28. The Balaban J connectivity index is 3.07. The summed E-state index contributed by atoms with van der Waals surface area (Å²) in [7, 11) is -3.62. The molecule has 0 aromatic heterocycles. The molecular formula is C12H18BrN3O3S. The molecule has 0 aliphatic heterocycles. The van der Waals surface area contributed by atoms with Crippen LogP contribution in [0.15, 0.2) is 38.8 Å². The number of benzene rings is 1. The van der Waals surface area contributed by atoms with Crippen molar-refractivity contribution >= 4 is 31.8 Å². The highest BCUT2D eigenvalue weighted by molar-refractivity contribution is 9.10. The van der Waals surface area contributed by atoms with Gasteiger partial charge in [-0.05, 0) is 32.0 Å². The van der Waals surface area contributed by atoms with Gasteiger partial charge < -0.3 is 10.9 Å². The summed E-state index contributed by atoms with van der Waals surface area (Å²) in [6.45, 7) is 3.71. The lowest BCUT2D eigenvalue weighted by atomic mass is 10.3. The van der Waals surface area contributed by atoms with E-state index in [9.17, 15) is 8.42 Å². The molecule has 1 rings (SSSR count). The van der Waals surface area contributed by atoms with E-state index in [-0.39, 0.29) is 29.7 Å². The fraction of sp³-hybridized carbons (Fsp3) is 0.417. The second kappa shape index (κ2) is 7.05. The van der Waals surface area contributed by atoms with Gasteiger partial charge >= 0.3 is 0 Å². The molecule has 0 heterocycles. The topological polar surface area (TPSA) is 96.0 Å². The molecule has 8 heteroatoms. The number of oxime groups is 1. The van der Waals surface area contributed by atoms with Crippen molar-refractivity contribution in [1.29, 1.82) is 0 Å². The van der Waals surface area contributed by atoms with Gasteiger partial charge in [-0.1, -0.05) is 27.2 Å². The van der Waals surface area contributed by atoms with Gasteiger partial charge in [-0.3, -0.25) is 0 Å². The summed E-state index contributed by atoms with van der Waals surface area (Å²) in [5, 5.41) is 11.4. The molecule has 0 saturated heterocycles. The van der Waals surface area contributed by atoms with Crippen molar-refractivity contribution in [1.82, 2.24) is 4.31 Å². The van der Waals surface area contributed by atoms with Crippen LogP contribution in [0.1, 0.15) is 20.3 Å². The van der Waals surface area contributed by atoms with Gasteiger partial charge in [-0.15, -0.1) is 0 Å². The van der Waals surface area contributed by atoms with Gasteiger partial charge in [0.15, 0.2) is 0 Å². The lowest BCUT2D eigenvalue weighted by molar-refractivity contribution is 0.313. The fourth-order valence-corrected chi connectivity index (χ4v) is 3.93. The maximum atomic E-state index is 12.6. The molecule has 0 aliphatic carbocycles. The van der Waals surface area contributed by atoms with Gasteiger partial charge in [0.2, 0.25) is 10.0 Å². The lowest BCUT2D eigenvalue weighted by Gasteiger charge is -2.25. The molecule has 0 radical (unpaired) electrons. The van der Waals surface area contributed by atoms with E-state index in [1.165, 1.54) is 4.31 Å². The first-order valence-corrected chi connectivity index (χ1v) is 8.26. The zero-order valence-electron chi connectivity index (χ0n) is 11.3. The monoisotopic (exact) mass is 363 g/mol. The van der Waals surface area contributed by atoms with Gasteiger partial charge in [0.05, 0.1) is 4.90 Å². The molecule has 1 aromatic carbocycles. The van der Waals surface area contributed by atoms with Crippen LogP contribution in [0, 0.1) is 0 Å². The zero-order valence-corrected chi connectivity index (χ0v) is 13.7. The third-order valence-corrected chi connectivity index (χ3v) is 5.26. The minimum absolute atomic E-state index is 0.0000854. The van der Waals surface area contributed by atoms with Crippen LogP contribution >= 0.6 is 15.9 Å². The van der Waals surface area contributed by atoms with Gasteiger partial charge in [-0.2, -0.15) is 4.31 Å². The van der Waals surface area contributed by atoms with Crippen molar-refractivity contribution in [3.63, 3.8) is 0 Å². The maximum absolute atomic E-state index is 12.6. The highest BCUT2D eigenvalue weighted by Gasteiger charge is 2.27. The molecule has 0 fully saturated rings. The van der Waals surface area contributed by atoms with E-state index in [2.05, 4.69) is 21.1 Å². The van der Waals surface area contributed by atoms with E-state index in [1.807, 2.05) is 0 Å². The Kier molecular flexibility index (Phi) is 5.97. The van der Waals surface area contributed by atoms with E-state index in [4.69, 9.17) is 10.9 Å². The molecule has 0 unspecified atom stereocenters. The van der Waals surface area contributed by atoms with Crippen LogP contribution in [-0.2, 0) is 10.0 Å². The average molecular weight is 364 g/mol.